The first-order valence-corrected chi connectivity index (χ1v) is 9.73. The van der Waals surface area contributed by atoms with Crippen LogP contribution in [0.1, 0.15) is 64.6 Å². The second-order valence-corrected chi connectivity index (χ2v) is 7.39. The molecular formula is C22H25NO4. The molecule has 4 rings (SSSR count). The maximum Gasteiger partial charge on any atom is 0.336 e. The molecule has 0 amide bonds. The predicted molar refractivity (Wildman–Crippen MR) is 102 cm³/mol. The second-order valence-electron chi connectivity index (χ2n) is 7.39. The molecule has 1 aromatic heterocycles. The molecule has 5 heteroatoms. The monoisotopic (exact) mass is 367 g/mol. The summed E-state index contributed by atoms with van der Waals surface area (Å²) in [5.41, 5.74) is 3.75. The molecule has 0 unspecified atom stereocenters. The summed E-state index contributed by atoms with van der Waals surface area (Å²) in [6.07, 6.45) is 7.93. The topological polar surface area (TPSA) is 68.7 Å². The van der Waals surface area contributed by atoms with Crippen molar-refractivity contribution in [2.45, 2.75) is 43.9 Å². The lowest BCUT2D eigenvalue weighted by molar-refractivity contribution is 0.0695. The van der Waals surface area contributed by atoms with Crippen LogP contribution in [0.3, 0.4) is 0 Å². The lowest BCUT2D eigenvalue weighted by Crippen LogP contribution is -2.17. The number of hydrogen-bond donors (Lipinski definition) is 1. The zero-order chi connectivity index (χ0) is 18.6. The van der Waals surface area contributed by atoms with E-state index in [1.54, 1.807) is 12.3 Å². The van der Waals surface area contributed by atoms with Crippen LogP contribution in [0.25, 0.3) is 0 Å². The van der Waals surface area contributed by atoms with E-state index in [2.05, 4.69) is 23.2 Å². The van der Waals surface area contributed by atoms with Crippen molar-refractivity contribution in [3.05, 3.63) is 58.9 Å². The summed E-state index contributed by atoms with van der Waals surface area (Å²) >= 11 is 0. The fourth-order valence-electron chi connectivity index (χ4n) is 4.23. The lowest BCUT2D eigenvalue weighted by Gasteiger charge is -2.28. The van der Waals surface area contributed by atoms with Crippen LogP contribution in [0.2, 0.25) is 0 Å². The van der Waals surface area contributed by atoms with Gasteiger partial charge in [0.05, 0.1) is 12.2 Å². The molecule has 1 atom stereocenters. The Balaban J connectivity index is 1.49. The van der Waals surface area contributed by atoms with Gasteiger partial charge in [0.2, 0.25) is 0 Å². The number of rotatable bonds is 5. The fourth-order valence-corrected chi connectivity index (χ4v) is 4.23. The van der Waals surface area contributed by atoms with Gasteiger partial charge in [-0.25, -0.2) is 4.79 Å². The average molecular weight is 367 g/mol. The van der Waals surface area contributed by atoms with Gasteiger partial charge in [-0.3, -0.25) is 4.98 Å². The van der Waals surface area contributed by atoms with E-state index in [4.69, 9.17) is 9.47 Å². The van der Waals surface area contributed by atoms with Crippen molar-refractivity contribution in [3.63, 3.8) is 0 Å². The Hall–Kier alpha value is -2.40. The van der Waals surface area contributed by atoms with Crippen molar-refractivity contribution in [2.75, 3.05) is 19.8 Å². The molecule has 0 saturated carbocycles. The number of fused-ring (bicyclic) bond motifs is 1. The molecule has 27 heavy (non-hydrogen) atoms. The largest absolute Gasteiger partial charge is 0.493 e. The highest BCUT2D eigenvalue weighted by Crippen LogP contribution is 2.39. The zero-order valence-corrected chi connectivity index (χ0v) is 15.4. The summed E-state index contributed by atoms with van der Waals surface area (Å²) in [5, 5.41) is 9.36. The van der Waals surface area contributed by atoms with Gasteiger partial charge in [-0.15, -0.1) is 0 Å². The van der Waals surface area contributed by atoms with Gasteiger partial charge in [-0.1, -0.05) is 12.1 Å². The number of pyridine rings is 1. The molecular weight excluding hydrogens is 342 g/mol. The number of aryl methyl sites for hydroxylation is 1. The number of aromatic nitrogens is 1. The molecule has 2 aromatic rings. The molecule has 1 fully saturated rings. The van der Waals surface area contributed by atoms with Crippen LogP contribution in [-0.4, -0.2) is 35.9 Å². The van der Waals surface area contributed by atoms with Crippen LogP contribution in [-0.2, 0) is 11.2 Å². The third-order valence-electron chi connectivity index (χ3n) is 5.79. The van der Waals surface area contributed by atoms with E-state index in [9.17, 15) is 9.90 Å². The number of hydrogen-bond acceptors (Lipinski definition) is 4. The Morgan fingerprint density at radius 2 is 2.00 bits per heavy atom. The van der Waals surface area contributed by atoms with E-state index in [0.717, 1.165) is 50.2 Å². The van der Waals surface area contributed by atoms with E-state index >= 15 is 0 Å². The molecule has 0 spiro atoms. The van der Waals surface area contributed by atoms with Crippen LogP contribution in [0.5, 0.6) is 5.75 Å². The first-order chi connectivity index (χ1) is 13.2. The first kappa shape index (κ1) is 18.0. The van der Waals surface area contributed by atoms with Gasteiger partial charge in [-0.2, -0.15) is 0 Å². The number of nitrogens with zero attached hydrogens (tertiary/aromatic N) is 1. The van der Waals surface area contributed by atoms with Gasteiger partial charge >= 0.3 is 5.97 Å². The van der Waals surface area contributed by atoms with Crippen molar-refractivity contribution in [1.29, 1.82) is 0 Å². The molecule has 2 aliphatic heterocycles. The minimum Gasteiger partial charge on any atom is -0.493 e. The Morgan fingerprint density at radius 1 is 1.15 bits per heavy atom. The summed E-state index contributed by atoms with van der Waals surface area (Å²) in [5.74, 6) is 1.06. The molecule has 5 nitrogen and oxygen atoms in total. The Bertz CT molecular complexity index is 814. The number of ether oxygens (including phenoxy) is 2. The van der Waals surface area contributed by atoms with Crippen molar-refractivity contribution in [1.82, 2.24) is 4.98 Å². The summed E-state index contributed by atoms with van der Waals surface area (Å²) in [4.78, 5) is 15.5. The Labute approximate surface area is 159 Å². The van der Waals surface area contributed by atoms with E-state index in [-0.39, 0.29) is 0 Å². The van der Waals surface area contributed by atoms with Crippen LogP contribution in [0, 0.1) is 0 Å². The quantitative estimate of drug-likeness (QED) is 0.859. The minimum atomic E-state index is -0.888. The van der Waals surface area contributed by atoms with Crippen LogP contribution in [0.15, 0.2) is 36.7 Å². The standard InChI is InChI=1S/C22H25NO4/c24-22(25)20-5-9-23-14-18(20)2-1-16-8-12-27-21-13-17(3-4-19(16)21)15-6-10-26-11-7-15/h3-5,9,13-16H,1-2,6-8,10-12H2,(H,24,25)/t16-/m0/s1. The molecule has 142 valence electrons. The molecule has 0 aliphatic carbocycles. The van der Waals surface area contributed by atoms with E-state index in [0.29, 0.717) is 30.4 Å². The Kier molecular flexibility index (Phi) is 5.39. The Morgan fingerprint density at radius 3 is 2.81 bits per heavy atom. The van der Waals surface area contributed by atoms with E-state index in [1.807, 2.05) is 0 Å². The highest BCUT2D eigenvalue weighted by molar-refractivity contribution is 5.89. The summed E-state index contributed by atoms with van der Waals surface area (Å²) < 4.78 is 11.4. The smallest absolute Gasteiger partial charge is 0.336 e. The molecule has 0 bridgehead atoms. The third kappa shape index (κ3) is 3.98. The average Bonchev–Trinajstić information content (AvgIpc) is 2.72. The summed E-state index contributed by atoms with van der Waals surface area (Å²) in [6, 6.07) is 8.24. The number of aromatic carboxylic acids is 1. The maximum atomic E-state index is 11.4. The third-order valence-corrected chi connectivity index (χ3v) is 5.79. The molecule has 1 aromatic carbocycles. The predicted octanol–water partition coefficient (Wildman–Crippen LogP) is 4.17. The number of benzene rings is 1. The highest BCUT2D eigenvalue weighted by atomic mass is 16.5. The zero-order valence-electron chi connectivity index (χ0n) is 15.4. The molecule has 1 N–H and O–H groups in total. The van der Waals surface area contributed by atoms with Gasteiger partial charge in [-0.05, 0) is 72.8 Å². The van der Waals surface area contributed by atoms with Crippen molar-refractivity contribution in [3.8, 4) is 5.75 Å². The van der Waals surface area contributed by atoms with Gasteiger partial charge in [0.25, 0.3) is 0 Å². The van der Waals surface area contributed by atoms with Gasteiger partial charge in [0, 0.05) is 25.6 Å². The lowest BCUT2D eigenvalue weighted by atomic mass is 9.84. The van der Waals surface area contributed by atoms with Crippen LogP contribution >= 0.6 is 0 Å². The first-order valence-electron chi connectivity index (χ1n) is 9.73. The molecule has 3 heterocycles. The summed E-state index contributed by atoms with van der Waals surface area (Å²) in [6.45, 7) is 2.39. The SMILES string of the molecule is O=C(O)c1ccncc1CC[C@H]1CCOc2cc(C3CCOCC3)ccc21. The molecule has 1 saturated heterocycles. The van der Waals surface area contributed by atoms with Crippen molar-refractivity contribution >= 4 is 5.97 Å². The van der Waals surface area contributed by atoms with Gasteiger partial charge in [0.1, 0.15) is 5.75 Å². The summed E-state index contributed by atoms with van der Waals surface area (Å²) in [7, 11) is 0. The number of carboxylic acid groups (broad SMARTS) is 1. The van der Waals surface area contributed by atoms with E-state index in [1.165, 1.54) is 17.3 Å². The van der Waals surface area contributed by atoms with Gasteiger partial charge < -0.3 is 14.6 Å². The van der Waals surface area contributed by atoms with Crippen LogP contribution in [0.4, 0.5) is 0 Å². The highest BCUT2D eigenvalue weighted by Gasteiger charge is 2.24. The number of carbonyl (C=O) groups is 1. The second kappa shape index (κ2) is 8.09. The van der Waals surface area contributed by atoms with Crippen molar-refractivity contribution in [2.24, 2.45) is 0 Å². The fraction of sp³-hybridized carbons (Fsp3) is 0.455. The molecule has 0 radical (unpaired) electrons. The van der Waals surface area contributed by atoms with Crippen LogP contribution < -0.4 is 4.74 Å². The normalized spacial score (nSPS) is 19.9. The number of carboxylic acids is 1. The maximum absolute atomic E-state index is 11.4. The van der Waals surface area contributed by atoms with Gasteiger partial charge in [0.15, 0.2) is 0 Å². The molecule has 2 aliphatic rings. The minimum absolute atomic E-state index is 0.354. The van der Waals surface area contributed by atoms with Crippen molar-refractivity contribution < 1.29 is 19.4 Å². The van der Waals surface area contributed by atoms with E-state index < -0.39 is 5.97 Å².